The smallest absolute Gasteiger partial charge is 0.0900 e. The van der Waals surface area contributed by atoms with E-state index in [0.29, 0.717) is 18.8 Å². The van der Waals surface area contributed by atoms with E-state index < -0.39 is 0 Å². The Morgan fingerprint density at radius 1 is 1.04 bits per heavy atom. The van der Waals surface area contributed by atoms with Crippen LogP contribution in [0, 0.1) is 5.92 Å². The van der Waals surface area contributed by atoms with Gasteiger partial charge in [-0.25, -0.2) is 0 Å². The van der Waals surface area contributed by atoms with Crippen molar-refractivity contribution in [1.82, 2.24) is 4.90 Å². The van der Waals surface area contributed by atoms with Crippen LogP contribution in [0.2, 0.25) is 0 Å². The lowest BCUT2D eigenvalue weighted by Crippen LogP contribution is -2.46. The molecule has 4 rings (SSSR count). The van der Waals surface area contributed by atoms with E-state index in [1.807, 2.05) is 0 Å². The van der Waals surface area contributed by atoms with Gasteiger partial charge < -0.3 is 14.7 Å². The van der Waals surface area contributed by atoms with E-state index in [4.69, 9.17) is 4.74 Å². The fourth-order valence-electron chi connectivity index (χ4n) is 4.97. The first-order valence-electron chi connectivity index (χ1n) is 10.1. The molecular weight excluding hydrogens is 312 g/mol. The molecule has 0 spiro atoms. The molecule has 3 fully saturated rings. The summed E-state index contributed by atoms with van der Waals surface area (Å²) in [6.45, 7) is 4.58. The van der Waals surface area contributed by atoms with Crippen LogP contribution in [0.15, 0.2) is 30.3 Å². The number of likely N-dealkylation sites (tertiary alicyclic amines) is 1. The predicted octanol–water partition coefficient (Wildman–Crippen LogP) is 2.91. The van der Waals surface area contributed by atoms with Gasteiger partial charge in [0.2, 0.25) is 0 Å². The number of fused-ring (bicyclic) bond motifs is 2. The Hall–Kier alpha value is -1.10. The molecule has 1 aromatic rings. The van der Waals surface area contributed by atoms with Gasteiger partial charge >= 0.3 is 0 Å². The summed E-state index contributed by atoms with van der Waals surface area (Å²) in [4.78, 5) is 5.02. The van der Waals surface area contributed by atoms with Crippen molar-refractivity contribution >= 4 is 5.69 Å². The lowest BCUT2D eigenvalue weighted by atomic mass is 9.98. The number of nitrogens with zero attached hydrogens (tertiary/aromatic N) is 2. The zero-order valence-electron chi connectivity index (χ0n) is 15.2. The number of anilines is 1. The average molecular weight is 344 g/mol. The third-order valence-corrected chi connectivity index (χ3v) is 6.12. The highest BCUT2D eigenvalue weighted by Gasteiger charge is 2.38. The third kappa shape index (κ3) is 4.36. The van der Waals surface area contributed by atoms with Crippen molar-refractivity contribution in [2.75, 3.05) is 37.7 Å². The number of aliphatic hydroxyl groups excluding tert-OH is 1. The van der Waals surface area contributed by atoms with Crippen LogP contribution in [-0.4, -0.2) is 61.0 Å². The van der Waals surface area contributed by atoms with Crippen LogP contribution in [0.5, 0.6) is 0 Å². The molecule has 2 saturated heterocycles. The van der Waals surface area contributed by atoms with Crippen molar-refractivity contribution in [2.24, 2.45) is 5.92 Å². The molecule has 0 aromatic heterocycles. The molecule has 0 amide bonds. The maximum absolute atomic E-state index is 10.4. The first-order valence-corrected chi connectivity index (χ1v) is 10.1. The Kier molecular flexibility index (Phi) is 5.59. The van der Waals surface area contributed by atoms with Gasteiger partial charge in [0.05, 0.1) is 18.8 Å². The van der Waals surface area contributed by atoms with Gasteiger partial charge in [0, 0.05) is 37.9 Å². The minimum atomic E-state index is -0.357. The van der Waals surface area contributed by atoms with Gasteiger partial charge in [-0.05, 0) is 37.3 Å². The maximum atomic E-state index is 10.4. The molecule has 4 nitrogen and oxygen atoms in total. The minimum Gasteiger partial charge on any atom is -0.389 e. The van der Waals surface area contributed by atoms with E-state index in [0.717, 1.165) is 32.1 Å². The summed E-state index contributed by atoms with van der Waals surface area (Å²) in [5.74, 6) is 0.727. The van der Waals surface area contributed by atoms with Gasteiger partial charge in [0.1, 0.15) is 0 Å². The van der Waals surface area contributed by atoms with Gasteiger partial charge in [0.15, 0.2) is 0 Å². The van der Waals surface area contributed by atoms with E-state index in [9.17, 15) is 5.11 Å². The third-order valence-electron chi connectivity index (χ3n) is 6.12. The van der Waals surface area contributed by atoms with Crippen LogP contribution >= 0.6 is 0 Å². The molecule has 2 bridgehead atoms. The van der Waals surface area contributed by atoms with E-state index >= 15 is 0 Å². The molecule has 3 aliphatic rings. The number of para-hydroxylation sites is 1. The summed E-state index contributed by atoms with van der Waals surface area (Å²) in [6, 6.07) is 11.4. The largest absolute Gasteiger partial charge is 0.389 e. The topological polar surface area (TPSA) is 35.9 Å². The number of piperidine rings is 1. The van der Waals surface area contributed by atoms with E-state index in [1.54, 1.807) is 0 Å². The van der Waals surface area contributed by atoms with Gasteiger partial charge in [0.25, 0.3) is 0 Å². The normalized spacial score (nSPS) is 29.1. The highest BCUT2D eigenvalue weighted by atomic mass is 16.5. The number of ether oxygens (including phenoxy) is 1. The fourth-order valence-corrected chi connectivity index (χ4v) is 4.97. The van der Waals surface area contributed by atoms with Crippen LogP contribution in [0.1, 0.15) is 38.5 Å². The van der Waals surface area contributed by atoms with E-state index in [2.05, 4.69) is 40.1 Å². The fraction of sp³-hybridized carbons (Fsp3) is 0.714. The van der Waals surface area contributed by atoms with E-state index in [-0.39, 0.29) is 6.10 Å². The number of hydrogen-bond acceptors (Lipinski definition) is 4. The molecular formula is C21H32N2O2. The standard InChI is InChI=1S/C21H32N2O2/c24-20(16-25-21-9-5-2-6-10-21)15-22-12-17-11-19(14-22)23(13-17)18-7-3-1-4-8-18/h1,3-4,7-8,17,19-21,24H,2,5-6,9-16H2/t17?,19?,20-/m0/s1. The Morgan fingerprint density at radius 2 is 1.84 bits per heavy atom. The SMILES string of the molecule is O[C@H](COC1CCCCC1)CN1CC2CC(C1)N(c1ccccc1)C2. The van der Waals surface area contributed by atoms with Crippen LogP contribution < -0.4 is 4.90 Å². The number of hydrogen-bond donors (Lipinski definition) is 1. The quantitative estimate of drug-likeness (QED) is 0.861. The van der Waals surface area contributed by atoms with Gasteiger partial charge in [-0.15, -0.1) is 0 Å². The zero-order valence-corrected chi connectivity index (χ0v) is 15.2. The molecule has 1 aliphatic carbocycles. The highest BCUT2D eigenvalue weighted by Crippen LogP contribution is 2.33. The van der Waals surface area contributed by atoms with Crippen LogP contribution in [0.3, 0.4) is 0 Å². The molecule has 138 valence electrons. The van der Waals surface area contributed by atoms with Crippen molar-refractivity contribution in [3.63, 3.8) is 0 Å². The Morgan fingerprint density at radius 3 is 2.64 bits per heavy atom. The number of aliphatic hydroxyl groups is 1. The summed E-state index contributed by atoms with van der Waals surface area (Å²) in [5, 5.41) is 10.4. The Balaban J connectivity index is 1.26. The van der Waals surface area contributed by atoms with Gasteiger partial charge in [-0.2, -0.15) is 0 Å². The highest BCUT2D eigenvalue weighted by molar-refractivity contribution is 5.48. The zero-order chi connectivity index (χ0) is 17.1. The second-order valence-electron chi connectivity index (χ2n) is 8.21. The Labute approximate surface area is 151 Å². The molecule has 25 heavy (non-hydrogen) atoms. The Bertz CT molecular complexity index is 532. The second-order valence-corrected chi connectivity index (χ2v) is 8.21. The molecule has 2 aliphatic heterocycles. The lowest BCUT2D eigenvalue weighted by molar-refractivity contribution is -0.0357. The first kappa shape index (κ1) is 17.3. The monoisotopic (exact) mass is 344 g/mol. The predicted molar refractivity (Wildman–Crippen MR) is 101 cm³/mol. The average Bonchev–Trinajstić information content (AvgIpc) is 2.96. The summed E-state index contributed by atoms with van der Waals surface area (Å²) in [6.07, 6.45) is 7.58. The van der Waals surface area contributed by atoms with Crippen LogP contribution in [0.4, 0.5) is 5.69 Å². The summed E-state index contributed by atoms with van der Waals surface area (Å²) < 4.78 is 5.96. The summed E-state index contributed by atoms with van der Waals surface area (Å²) in [7, 11) is 0. The van der Waals surface area contributed by atoms with Crippen molar-refractivity contribution in [3.8, 4) is 0 Å². The number of rotatable bonds is 6. The van der Waals surface area contributed by atoms with Crippen molar-refractivity contribution < 1.29 is 9.84 Å². The number of benzene rings is 1. The maximum Gasteiger partial charge on any atom is 0.0900 e. The van der Waals surface area contributed by atoms with Crippen LogP contribution in [-0.2, 0) is 4.74 Å². The van der Waals surface area contributed by atoms with Gasteiger partial charge in [-0.1, -0.05) is 37.5 Å². The molecule has 1 N–H and O–H groups in total. The summed E-state index contributed by atoms with van der Waals surface area (Å²) >= 11 is 0. The van der Waals surface area contributed by atoms with Crippen molar-refractivity contribution in [2.45, 2.75) is 56.8 Å². The first-order chi connectivity index (χ1) is 12.3. The number of β-amino-alcohol motifs (C(OH)–C–C–N with tert-alkyl or cyclic N) is 1. The minimum absolute atomic E-state index is 0.357. The second kappa shape index (κ2) is 8.07. The molecule has 2 heterocycles. The van der Waals surface area contributed by atoms with Gasteiger partial charge in [-0.3, -0.25) is 4.90 Å². The molecule has 1 aromatic carbocycles. The van der Waals surface area contributed by atoms with E-state index in [1.165, 1.54) is 44.2 Å². The molecule has 4 heteroatoms. The van der Waals surface area contributed by atoms with Crippen molar-refractivity contribution in [1.29, 1.82) is 0 Å². The molecule has 2 unspecified atom stereocenters. The van der Waals surface area contributed by atoms with Crippen LogP contribution in [0.25, 0.3) is 0 Å². The van der Waals surface area contributed by atoms with Crippen molar-refractivity contribution in [3.05, 3.63) is 30.3 Å². The molecule has 0 radical (unpaired) electrons. The molecule has 3 atom stereocenters. The molecule has 1 saturated carbocycles. The lowest BCUT2D eigenvalue weighted by Gasteiger charge is -2.34. The summed E-state index contributed by atoms with van der Waals surface area (Å²) in [5.41, 5.74) is 1.35.